The molecule has 0 aliphatic heterocycles. The van der Waals surface area contributed by atoms with Gasteiger partial charge in [-0.05, 0) is 6.92 Å². The molecular formula is C10H14O3PTi-. The van der Waals surface area contributed by atoms with Gasteiger partial charge in [0.05, 0.1) is 6.29 Å². The molecule has 15 heavy (non-hydrogen) atoms. The Hall–Kier alpha value is -0.366. The molecule has 0 N–H and O–H groups in total. The van der Waals surface area contributed by atoms with Crippen LogP contribution in [0, 0.1) is 20.8 Å². The summed E-state index contributed by atoms with van der Waals surface area (Å²) in [5.41, 5.74) is 3.92. The van der Waals surface area contributed by atoms with Crippen LogP contribution in [0.4, 0.5) is 0 Å². The summed E-state index contributed by atoms with van der Waals surface area (Å²) in [6, 6.07) is 3.99. The molecule has 0 heterocycles. The molecule has 1 aromatic carbocycles. The molecule has 0 spiro atoms. The van der Waals surface area contributed by atoms with Crippen molar-refractivity contribution in [2.75, 3.05) is 0 Å². The second kappa shape index (κ2) is 8.90. The first-order valence-corrected chi connectivity index (χ1v) is 5.29. The van der Waals surface area contributed by atoms with Crippen LogP contribution < -0.4 is 0 Å². The molecule has 0 saturated carbocycles. The molecule has 1 rings (SSSR count). The van der Waals surface area contributed by atoms with E-state index in [-0.39, 0.29) is 9.90 Å². The van der Waals surface area contributed by atoms with Crippen molar-refractivity contribution in [2.24, 2.45) is 0 Å². The summed E-state index contributed by atoms with van der Waals surface area (Å²) >= 11 is -2.00. The van der Waals surface area contributed by atoms with Gasteiger partial charge in [0.25, 0.3) is 0 Å². The van der Waals surface area contributed by atoms with E-state index in [0.717, 1.165) is 11.1 Å². The summed E-state index contributed by atoms with van der Waals surface area (Å²) in [6.07, 6.45) is 1.94. The second-order valence-electron chi connectivity index (χ2n) is 2.96. The van der Waals surface area contributed by atoms with E-state index < -0.39 is 19.1 Å². The molecule has 1 unspecified atom stereocenters. The van der Waals surface area contributed by atoms with E-state index in [1.54, 1.807) is 0 Å². The van der Waals surface area contributed by atoms with Gasteiger partial charge in [0.1, 0.15) is 0 Å². The van der Waals surface area contributed by atoms with E-state index in [1.807, 2.05) is 39.2 Å². The Kier molecular flexibility index (Phi) is 10.1. The van der Waals surface area contributed by atoms with Crippen LogP contribution in [0.15, 0.2) is 12.1 Å². The van der Waals surface area contributed by atoms with Gasteiger partial charge in [0.2, 0.25) is 0 Å². The number of aryl methyl sites for hydroxylation is 3. The average Bonchev–Trinajstić information content (AvgIpc) is 2.04. The van der Waals surface area contributed by atoms with Gasteiger partial charge >= 0.3 is 25.7 Å². The first-order chi connectivity index (χ1) is 6.56. The minimum absolute atomic E-state index is 0. The molecule has 0 amide bonds. The van der Waals surface area contributed by atoms with Crippen molar-refractivity contribution in [1.82, 2.24) is 0 Å². The third-order valence-corrected chi connectivity index (χ3v) is 1.78. The van der Waals surface area contributed by atoms with E-state index in [9.17, 15) is 4.79 Å². The fourth-order valence-electron chi connectivity index (χ4n) is 1.34. The standard InChI is InChI=1S/C10H11O.2O.H3P.Ti/c1-7-4-8(2)10(6-11)9(3)5-7;;;;/h4-5H,1-3H3;;;1H3;/q-1;;;;. The molecular weight excluding hydrogens is 247 g/mol. The summed E-state index contributed by atoms with van der Waals surface area (Å²) in [6.45, 7) is 5.88. The maximum absolute atomic E-state index is 10.4. The van der Waals surface area contributed by atoms with E-state index >= 15 is 0 Å². The van der Waals surface area contributed by atoms with Crippen LogP contribution >= 0.6 is 9.90 Å². The Morgan fingerprint density at radius 1 is 1.07 bits per heavy atom. The van der Waals surface area contributed by atoms with Gasteiger partial charge in [-0.1, -0.05) is 19.4 Å². The molecule has 82 valence electrons. The molecule has 3 nitrogen and oxygen atoms in total. The molecule has 5 heteroatoms. The molecule has 1 aromatic rings. The topological polar surface area (TPSA) is 51.2 Å². The van der Waals surface area contributed by atoms with Crippen LogP contribution in [0.5, 0.6) is 0 Å². The molecule has 1 atom stereocenters. The predicted molar refractivity (Wildman–Crippen MR) is 57.9 cm³/mol. The van der Waals surface area contributed by atoms with Crippen LogP contribution in [0.25, 0.3) is 0 Å². The van der Waals surface area contributed by atoms with Crippen molar-refractivity contribution in [3.63, 3.8) is 0 Å². The van der Waals surface area contributed by atoms with Crippen molar-refractivity contribution >= 4 is 16.2 Å². The van der Waals surface area contributed by atoms with Gasteiger partial charge in [0, 0.05) is 0 Å². The number of hydrogen-bond donors (Lipinski definition) is 0. The summed E-state index contributed by atoms with van der Waals surface area (Å²) in [5, 5.41) is 0. The molecule has 0 aromatic heterocycles. The van der Waals surface area contributed by atoms with Crippen molar-refractivity contribution in [3.05, 3.63) is 34.4 Å². The number of rotatable bonds is 1. The van der Waals surface area contributed by atoms with E-state index in [4.69, 9.17) is 6.65 Å². The summed E-state index contributed by atoms with van der Waals surface area (Å²) in [5.74, 6) is 0. The number of hydrogen-bond acceptors (Lipinski definition) is 3. The zero-order valence-electron chi connectivity index (χ0n) is 9.09. The molecule has 0 radical (unpaired) electrons. The zero-order valence-corrected chi connectivity index (χ0v) is 12.1. The van der Waals surface area contributed by atoms with Gasteiger partial charge < -0.3 is 4.79 Å². The Balaban J connectivity index is 0. The van der Waals surface area contributed by atoms with Crippen molar-refractivity contribution in [1.29, 1.82) is 0 Å². The van der Waals surface area contributed by atoms with Gasteiger partial charge in [-0.15, -0.1) is 28.8 Å². The Morgan fingerprint density at radius 3 is 1.67 bits per heavy atom. The first kappa shape index (κ1) is 17.0. The fourth-order valence-corrected chi connectivity index (χ4v) is 1.34. The molecule has 0 bridgehead atoms. The van der Waals surface area contributed by atoms with Crippen molar-refractivity contribution in [3.8, 4) is 0 Å². The average molecular weight is 261 g/mol. The van der Waals surface area contributed by atoms with Gasteiger partial charge in [-0.25, -0.2) is 0 Å². The van der Waals surface area contributed by atoms with Gasteiger partial charge in [-0.3, -0.25) is 0 Å². The first-order valence-electron chi connectivity index (χ1n) is 4.02. The second-order valence-corrected chi connectivity index (χ2v) is 3.22. The fraction of sp³-hybridized carbons (Fsp3) is 0.300. The number of benzene rings is 1. The van der Waals surface area contributed by atoms with E-state index in [0.29, 0.717) is 5.56 Å². The van der Waals surface area contributed by atoms with Crippen LogP contribution in [-0.4, -0.2) is 6.29 Å². The monoisotopic (exact) mass is 261 g/mol. The van der Waals surface area contributed by atoms with Crippen LogP contribution in [0.2, 0.25) is 0 Å². The van der Waals surface area contributed by atoms with Crippen LogP contribution in [0.3, 0.4) is 0 Å². The normalized spacial score (nSPS) is 7.67. The summed E-state index contributed by atoms with van der Waals surface area (Å²) in [7, 11) is 0. The van der Waals surface area contributed by atoms with E-state index in [2.05, 4.69) is 0 Å². The third kappa shape index (κ3) is 5.93. The quantitative estimate of drug-likeness (QED) is 0.440. The summed E-state index contributed by atoms with van der Waals surface area (Å²) < 4.78 is 17.0. The maximum atomic E-state index is 10.4. The SMILES string of the molecule is Cc1cc(C)c([C-]=O)c(C)c1.P.[O]=[Ti]=[O]. The molecule has 0 aliphatic rings. The summed E-state index contributed by atoms with van der Waals surface area (Å²) in [4.78, 5) is 10.4. The molecule has 0 aliphatic carbocycles. The molecule has 0 saturated heterocycles. The Morgan fingerprint density at radius 2 is 1.40 bits per heavy atom. The Bertz CT molecular complexity index is 348. The number of carbonyl (C=O) groups excluding carboxylic acids is 1. The van der Waals surface area contributed by atoms with Gasteiger partial charge in [0.15, 0.2) is 0 Å². The van der Waals surface area contributed by atoms with Crippen molar-refractivity contribution < 1.29 is 30.5 Å². The third-order valence-electron chi connectivity index (χ3n) is 1.78. The van der Waals surface area contributed by atoms with E-state index in [1.165, 1.54) is 5.56 Å². The minimum atomic E-state index is -2.00. The molecule has 0 fully saturated rings. The Labute approximate surface area is 102 Å². The van der Waals surface area contributed by atoms with Crippen LogP contribution in [0.1, 0.15) is 22.3 Å². The zero-order chi connectivity index (χ0) is 11.1. The van der Waals surface area contributed by atoms with Crippen molar-refractivity contribution in [2.45, 2.75) is 20.8 Å². The van der Waals surface area contributed by atoms with Gasteiger partial charge in [-0.2, -0.15) is 9.90 Å². The predicted octanol–water partition coefficient (Wildman–Crippen LogP) is 1.89. The van der Waals surface area contributed by atoms with Crippen LogP contribution in [-0.2, 0) is 30.5 Å².